The zero-order valence-electron chi connectivity index (χ0n) is 14.9. The Morgan fingerprint density at radius 3 is 2.64 bits per heavy atom. The topological polar surface area (TPSA) is 33.2 Å². The van der Waals surface area contributed by atoms with Crippen LogP contribution in [0, 0.1) is 18.7 Å². The molecule has 2 aromatic rings. The first kappa shape index (κ1) is 17.3. The summed E-state index contributed by atoms with van der Waals surface area (Å²) in [5, 5.41) is 0. The van der Waals surface area contributed by atoms with Crippen LogP contribution in [0.5, 0.6) is 0 Å². The highest BCUT2D eigenvalue weighted by molar-refractivity contribution is 5.82. The van der Waals surface area contributed by atoms with Gasteiger partial charge in [-0.1, -0.05) is 12.1 Å². The lowest BCUT2D eigenvalue weighted by molar-refractivity contribution is -0.111. The molecular weight excluding hydrogens is 315 g/mol. The molecule has 0 spiro atoms. The first-order valence-electron chi connectivity index (χ1n) is 8.58. The third-order valence-electron chi connectivity index (χ3n) is 4.82. The van der Waals surface area contributed by atoms with Crippen molar-refractivity contribution in [1.29, 1.82) is 0 Å². The van der Waals surface area contributed by atoms with Crippen LogP contribution in [0.15, 0.2) is 36.5 Å². The van der Waals surface area contributed by atoms with Gasteiger partial charge in [-0.3, -0.25) is 4.98 Å². The number of aldehydes is 1. The van der Waals surface area contributed by atoms with Crippen molar-refractivity contribution in [3.8, 4) is 11.1 Å². The van der Waals surface area contributed by atoms with Gasteiger partial charge in [-0.25, -0.2) is 4.39 Å². The summed E-state index contributed by atoms with van der Waals surface area (Å²) in [6.07, 6.45) is 7.56. The van der Waals surface area contributed by atoms with Gasteiger partial charge in [0.25, 0.3) is 0 Å². The molecule has 1 atom stereocenters. The Labute approximate surface area is 148 Å². The van der Waals surface area contributed by atoms with Crippen molar-refractivity contribution in [2.75, 3.05) is 19.0 Å². The summed E-state index contributed by atoms with van der Waals surface area (Å²) in [5.74, 6) is -0.0968. The summed E-state index contributed by atoms with van der Waals surface area (Å²) in [7, 11) is 3.96. The number of pyridine rings is 1. The Kier molecular flexibility index (Phi) is 4.98. The summed E-state index contributed by atoms with van der Waals surface area (Å²) >= 11 is 0. The number of nitrogens with zero attached hydrogens (tertiary/aromatic N) is 2. The van der Waals surface area contributed by atoms with Gasteiger partial charge in [-0.2, -0.15) is 0 Å². The van der Waals surface area contributed by atoms with Gasteiger partial charge in [0.2, 0.25) is 0 Å². The number of aryl methyl sites for hydroxylation is 1. The van der Waals surface area contributed by atoms with E-state index in [-0.39, 0.29) is 11.7 Å². The maximum absolute atomic E-state index is 13.5. The second kappa shape index (κ2) is 7.18. The summed E-state index contributed by atoms with van der Waals surface area (Å²) in [6, 6.07) is 6.97. The summed E-state index contributed by atoms with van der Waals surface area (Å²) in [4.78, 5) is 17.6. The molecule has 3 rings (SSSR count). The number of allylic oxidation sites excluding steroid dienone is 2. The van der Waals surface area contributed by atoms with E-state index in [4.69, 9.17) is 0 Å². The van der Waals surface area contributed by atoms with Crippen molar-refractivity contribution in [3.05, 3.63) is 53.6 Å². The molecule has 1 aliphatic carbocycles. The van der Waals surface area contributed by atoms with Crippen LogP contribution in [0.1, 0.15) is 30.5 Å². The number of aromatic nitrogens is 1. The molecule has 0 saturated heterocycles. The van der Waals surface area contributed by atoms with Crippen molar-refractivity contribution in [2.45, 2.75) is 26.2 Å². The van der Waals surface area contributed by atoms with Crippen LogP contribution in [0.2, 0.25) is 0 Å². The quantitative estimate of drug-likeness (QED) is 0.761. The lowest BCUT2D eigenvalue weighted by Gasteiger charge is -2.21. The molecule has 1 heterocycles. The van der Waals surface area contributed by atoms with E-state index < -0.39 is 0 Å². The Hall–Kier alpha value is -2.49. The highest BCUT2D eigenvalue weighted by Crippen LogP contribution is 2.36. The maximum Gasteiger partial charge on any atom is 0.123 e. The van der Waals surface area contributed by atoms with Crippen LogP contribution >= 0.6 is 0 Å². The summed E-state index contributed by atoms with van der Waals surface area (Å²) < 4.78 is 13.5. The fraction of sp³-hybridized carbons (Fsp3) is 0.333. The Morgan fingerprint density at radius 2 is 2.04 bits per heavy atom. The van der Waals surface area contributed by atoms with Crippen LogP contribution in [-0.2, 0) is 4.79 Å². The van der Waals surface area contributed by atoms with Crippen LogP contribution < -0.4 is 4.90 Å². The molecule has 0 aliphatic heterocycles. The minimum absolute atomic E-state index is 0.128. The van der Waals surface area contributed by atoms with Gasteiger partial charge >= 0.3 is 0 Å². The lowest BCUT2D eigenvalue weighted by atomic mass is 9.88. The standard InChI is InChI=1S/C21H23FN2O/c1-14-10-17(22)8-9-18(14)19-11-20(23-12-21(19)24(2)3)16-6-4-15(13-25)5-7-16/h6,8-13,15H,4-5,7H2,1-3H3. The number of carbonyl (C=O) groups excluding carboxylic acids is 1. The van der Waals surface area contributed by atoms with Crippen molar-refractivity contribution in [3.63, 3.8) is 0 Å². The van der Waals surface area contributed by atoms with E-state index >= 15 is 0 Å². The third-order valence-corrected chi connectivity index (χ3v) is 4.82. The molecule has 1 aromatic heterocycles. The third kappa shape index (κ3) is 3.63. The fourth-order valence-electron chi connectivity index (χ4n) is 3.34. The highest BCUT2D eigenvalue weighted by atomic mass is 19.1. The summed E-state index contributed by atoms with van der Waals surface area (Å²) in [5.41, 5.74) is 6.08. The molecule has 130 valence electrons. The minimum atomic E-state index is -0.225. The van der Waals surface area contributed by atoms with E-state index in [2.05, 4.69) is 17.1 Å². The van der Waals surface area contributed by atoms with Crippen LogP contribution in [0.25, 0.3) is 16.7 Å². The molecule has 25 heavy (non-hydrogen) atoms. The first-order valence-corrected chi connectivity index (χ1v) is 8.58. The average Bonchev–Trinajstić information content (AvgIpc) is 2.61. The molecule has 4 heteroatoms. The number of hydrogen-bond donors (Lipinski definition) is 0. The number of rotatable bonds is 4. The number of carbonyl (C=O) groups is 1. The van der Waals surface area contributed by atoms with Gasteiger partial charge in [0, 0.05) is 25.6 Å². The number of benzene rings is 1. The molecular formula is C21H23FN2O. The lowest BCUT2D eigenvalue weighted by Crippen LogP contribution is -2.12. The number of halogens is 1. The Balaban J connectivity index is 2.07. The predicted molar refractivity (Wildman–Crippen MR) is 100 cm³/mol. The molecule has 0 fully saturated rings. The van der Waals surface area contributed by atoms with Gasteiger partial charge in [-0.15, -0.1) is 0 Å². The Morgan fingerprint density at radius 1 is 1.24 bits per heavy atom. The van der Waals surface area contributed by atoms with Gasteiger partial charge in [0.15, 0.2) is 0 Å². The van der Waals surface area contributed by atoms with E-state index in [1.807, 2.05) is 38.2 Å². The zero-order valence-corrected chi connectivity index (χ0v) is 14.9. The average molecular weight is 338 g/mol. The smallest absolute Gasteiger partial charge is 0.123 e. The molecule has 0 radical (unpaired) electrons. The van der Waals surface area contributed by atoms with Gasteiger partial charge in [-0.05, 0) is 61.1 Å². The van der Waals surface area contributed by atoms with E-state index in [0.29, 0.717) is 0 Å². The van der Waals surface area contributed by atoms with Gasteiger partial charge in [0.1, 0.15) is 12.1 Å². The fourth-order valence-corrected chi connectivity index (χ4v) is 3.34. The Bertz CT molecular complexity index is 827. The van der Waals surface area contributed by atoms with Crippen molar-refractivity contribution < 1.29 is 9.18 Å². The second-order valence-corrected chi connectivity index (χ2v) is 6.84. The second-order valence-electron chi connectivity index (χ2n) is 6.84. The van der Waals surface area contributed by atoms with Crippen molar-refractivity contribution in [1.82, 2.24) is 4.98 Å². The predicted octanol–water partition coefficient (Wildman–Crippen LogP) is 4.64. The largest absolute Gasteiger partial charge is 0.376 e. The highest BCUT2D eigenvalue weighted by Gasteiger charge is 2.18. The molecule has 1 aliphatic rings. The molecule has 0 bridgehead atoms. The minimum Gasteiger partial charge on any atom is -0.376 e. The normalized spacial score (nSPS) is 17.1. The molecule has 0 N–H and O–H groups in total. The van der Waals surface area contributed by atoms with E-state index in [1.54, 1.807) is 6.07 Å². The number of anilines is 1. The van der Waals surface area contributed by atoms with Crippen LogP contribution in [0.4, 0.5) is 10.1 Å². The van der Waals surface area contributed by atoms with E-state index in [0.717, 1.165) is 53.6 Å². The molecule has 0 saturated carbocycles. The van der Waals surface area contributed by atoms with E-state index in [1.165, 1.54) is 11.6 Å². The molecule has 3 nitrogen and oxygen atoms in total. The molecule has 1 aromatic carbocycles. The van der Waals surface area contributed by atoms with Crippen LogP contribution in [-0.4, -0.2) is 25.4 Å². The molecule has 0 amide bonds. The van der Waals surface area contributed by atoms with E-state index in [9.17, 15) is 9.18 Å². The van der Waals surface area contributed by atoms with Crippen LogP contribution in [0.3, 0.4) is 0 Å². The SMILES string of the molecule is Cc1cc(F)ccc1-c1cc(C2=CCC(C=O)CC2)ncc1N(C)C. The van der Waals surface area contributed by atoms with Crippen molar-refractivity contribution >= 4 is 17.5 Å². The summed E-state index contributed by atoms with van der Waals surface area (Å²) in [6.45, 7) is 1.92. The van der Waals surface area contributed by atoms with Gasteiger partial charge < -0.3 is 9.69 Å². The zero-order chi connectivity index (χ0) is 18.0. The maximum atomic E-state index is 13.5. The van der Waals surface area contributed by atoms with Gasteiger partial charge in [0.05, 0.1) is 17.6 Å². The van der Waals surface area contributed by atoms with Crippen molar-refractivity contribution in [2.24, 2.45) is 5.92 Å². The first-order chi connectivity index (χ1) is 12.0. The molecule has 1 unspecified atom stereocenters. The monoisotopic (exact) mass is 338 g/mol. The number of hydrogen-bond acceptors (Lipinski definition) is 3.